The Morgan fingerprint density at radius 1 is 1.50 bits per heavy atom. The number of nitrogens with two attached hydrogens (primary N) is 1. The van der Waals surface area contributed by atoms with Gasteiger partial charge in [-0.25, -0.2) is 4.98 Å². The van der Waals surface area contributed by atoms with Crippen LogP contribution < -0.4 is 10.5 Å². The van der Waals surface area contributed by atoms with Gasteiger partial charge in [-0.05, 0) is 34.5 Å². The predicted octanol–water partition coefficient (Wildman–Crippen LogP) is 3.05. The Kier molecular flexibility index (Phi) is 4.04. The van der Waals surface area contributed by atoms with Crippen molar-refractivity contribution < 1.29 is 4.74 Å². The van der Waals surface area contributed by atoms with Crippen molar-refractivity contribution in [3.8, 4) is 11.4 Å². The first-order valence-electron chi connectivity index (χ1n) is 5.79. The van der Waals surface area contributed by atoms with Crippen molar-refractivity contribution in [3.63, 3.8) is 0 Å². The first kappa shape index (κ1) is 13.1. The van der Waals surface area contributed by atoms with E-state index in [1.165, 1.54) is 0 Å². The Labute approximate surface area is 115 Å². The fourth-order valence-electron chi connectivity index (χ4n) is 1.80. The maximum atomic E-state index is 6.08. The molecule has 1 heterocycles. The van der Waals surface area contributed by atoms with Crippen LogP contribution in [0, 0.1) is 0 Å². The van der Waals surface area contributed by atoms with E-state index in [9.17, 15) is 0 Å². The van der Waals surface area contributed by atoms with E-state index in [2.05, 4.69) is 27.8 Å². The minimum absolute atomic E-state index is 0.0119. The average molecular weight is 310 g/mol. The summed E-state index contributed by atoms with van der Waals surface area (Å²) in [7, 11) is 1.65. The van der Waals surface area contributed by atoms with Crippen LogP contribution in [-0.4, -0.2) is 16.7 Å². The van der Waals surface area contributed by atoms with Gasteiger partial charge < -0.3 is 15.0 Å². The molecule has 2 rings (SSSR count). The molecule has 0 spiro atoms. The summed E-state index contributed by atoms with van der Waals surface area (Å²) in [6.07, 6.45) is 4.45. The molecule has 0 fully saturated rings. The molecule has 5 heteroatoms. The molecule has 0 aliphatic rings. The zero-order chi connectivity index (χ0) is 13.1. The molecular formula is C13H16BrN3O. The summed E-state index contributed by atoms with van der Waals surface area (Å²) >= 11 is 3.44. The monoisotopic (exact) mass is 309 g/mol. The standard InChI is InChI=1S/C13H16BrN3O/c1-3-11(15)12-7-16-8-17(12)9-4-5-10(14)13(6-9)18-2/h4-8,11H,3,15H2,1-2H3/t11-/m1/s1. The largest absolute Gasteiger partial charge is 0.495 e. The van der Waals surface area contributed by atoms with E-state index in [4.69, 9.17) is 10.5 Å². The van der Waals surface area contributed by atoms with E-state index in [0.29, 0.717) is 0 Å². The van der Waals surface area contributed by atoms with E-state index in [1.807, 2.05) is 29.0 Å². The van der Waals surface area contributed by atoms with Crippen molar-refractivity contribution in [3.05, 3.63) is 40.9 Å². The molecular weight excluding hydrogens is 294 g/mol. The van der Waals surface area contributed by atoms with Gasteiger partial charge in [0.2, 0.25) is 0 Å². The summed E-state index contributed by atoms with van der Waals surface area (Å²) in [6, 6.07) is 5.90. The van der Waals surface area contributed by atoms with Gasteiger partial charge in [-0.2, -0.15) is 0 Å². The smallest absolute Gasteiger partial charge is 0.135 e. The maximum absolute atomic E-state index is 6.08. The quantitative estimate of drug-likeness (QED) is 0.944. The molecule has 96 valence electrons. The number of aromatic nitrogens is 2. The van der Waals surface area contributed by atoms with E-state index in [1.54, 1.807) is 13.4 Å². The molecule has 1 aromatic carbocycles. The Balaban J connectivity index is 2.46. The minimum Gasteiger partial charge on any atom is -0.495 e. The molecule has 2 N–H and O–H groups in total. The van der Waals surface area contributed by atoms with Crippen LogP contribution in [0.2, 0.25) is 0 Å². The lowest BCUT2D eigenvalue weighted by molar-refractivity contribution is 0.412. The van der Waals surface area contributed by atoms with Gasteiger partial charge in [-0.15, -0.1) is 0 Å². The van der Waals surface area contributed by atoms with Crippen molar-refractivity contribution in [2.75, 3.05) is 7.11 Å². The number of hydrogen-bond acceptors (Lipinski definition) is 3. The van der Waals surface area contributed by atoms with Crippen molar-refractivity contribution in [2.24, 2.45) is 5.73 Å². The van der Waals surface area contributed by atoms with Crippen LogP contribution in [0.15, 0.2) is 35.2 Å². The Hall–Kier alpha value is -1.33. The van der Waals surface area contributed by atoms with Crippen LogP contribution in [0.25, 0.3) is 5.69 Å². The van der Waals surface area contributed by atoms with Crippen LogP contribution in [0.4, 0.5) is 0 Å². The van der Waals surface area contributed by atoms with E-state index < -0.39 is 0 Å². The lowest BCUT2D eigenvalue weighted by atomic mass is 10.2. The van der Waals surface area contributed by atoms with Gasteiger partial charge in [0, 0.05) is 12.1 Å². The number of nitrogens with zero attached hydrogens (tertiary/aromatic N) is 2. The lowest BCUT2D eigenvalue weighted by Gasteiger charge is -2.14. The molecule has 0 bridgehead atoms. The summed E-state index contributed by atoms with van der Waals surface area (Å²) in [6.45, 7) is 2.06. The molecule has 0 saturated carbocycles. The minimum atomic E-state index is -0.0119. The molecule has 1 aromatic heterocycles. The van der Waals surface area contributed by atoms with Crippen LogP contribution in [-0.2, 0) is 0 Å². The molecule has 18 heavy (non-hydrogen) atoms. The third-order valence-corrected chi connectivity index (χ3v) is 3.55. The first-order chi connectivity index (χ1) is 8.67. The summed E-state index contributed by atoms with van der Waals surface area (Å²) in [5, 5.41) is 0. The average Bonchev–Trinajstić information content (AvgIpc) is 2.87. The van der Waals surface area contributed by atoms with E-state index in [-0.39, 0.29) is 6.04 Å². The van der Waals surface area contributed by atoms with Crippen molar-refractivity contribution in [2.45, 2.75) is 19.4 Å². The van der Waals surface area contributed by atoms with Gasteiger partial charge in [0.25, 0.3) is 0 Å². The van der Waals surface area contributed by atoms with E-state index >= 15 is 0 Å². The summed E-state index contributed by atoms with van der Waals surface area (Å²) in [5.74, 6) is 0.789. The van der Waals surface area contributed by atoms with Crippen molar-refractivity contribution in [1.29, 1.82) is 0 Å². The van der Waals surface area contributed by atoms with Crippen molar-refractivity contribution >= 4 is 15.9 Å². The summed E-state index contributed by atoms with van der Waals surface area (Å²) in [5.41, 5.74) is 8.07. The molecule has 2 aromatic rings. The molecule has 4 nitrogen and oxygen atoms in total. The molecule has 0 unspecified atom stereocenters. The highest BCUT2D eigenvalue weighted by molar-refractivity contribution is 9.10. The number of rotatable bonds is 4. The third kappa shape index (κ3) is 2.42. The van der Waals surface area contributed by atoms with Crippen LogP contribution in [0.3, 0.4) is 0 Å². The Bertz CT molecular complexity index is 539. The zero-order valence-electron chi connectivity index (χ0n) is 10.4. The number of hydrogen-bond donors (Lipinski definition) is 1. The Morgan fingerprint density at radius 3 is 2.94 bits per heavy atom. The second kappa shape index (κ2) is 5.54. The normalized spacial score (nSPS) is 12.4. The van der Waals surface area contributed by atoms with E-state index in [0.717, 1.165) is 28.0 Å². The van der Waals surface area contributed by atoms with Gasteiger partial charge in [-0.1, -0.05) is 6.92 Å². The highest BCUT2D eigenvalue weighted by atomic mass is 79.9. The third-order valence-electron chi connectivity index (χ3n) is 2.90. The lowest BCUT2D eigenvalue weighted by Crippen LogP contribution is -2.13. The predicted molar refractivity (Wildman–Crippen MR) is 75.0 cm³/mol. The molecule has 0 saturated heterocycles. The highest BCUT2D eigenvalue weighted by Crippen LogP contribution is 2.28. The molecule has 0 amide bonds. The van der Waals surface area contributed by atoms with Gasteiger partial charge in [-0.3, -0.25) is 0 Å². The summed E-state index contributed by atoms with van der Waals surface area (Å²) < 4.78 is 8.21. The van der Waals surface area contributed by atoms with Gasteiger partial charge in [0.05, 0.1) is 35.5 Å². The molecule has 1 atom stereocenters. The van der Waals surface area contributed by atoms with Gasteiger partial charge in [0.15, 0.2) is 0 Å². The second-order valence-electron chi connectivity index (χ2n) is 4.02. The SMILES string of the molecule is CC[C@@H](N)c1cncn1-c1ccc(Br)c(OC)c1. The van der Waals surface area contributed by atoms with Gasteiger partial charge >= 0.3 is 0 Å². The molecule has 0 radical (unpaired) electrons. The number of halogens is 1. The molecule has 0 aliphatic carbocycles. The van der Waals surface area contributed by atoms with Crippen molar-refractivity contribution in [1.82, 2.24) is 9.55 Å². The Morgan fingerprint density at radius 2 is 2.28 bits per heavy atom. The fraction of sp³-hybridized carbons (Fsp3) is 0.308. The first-order valence-corrected chi connectivity index (χ1v) is 6.58. The number of methoxy groups -OCH3 is 1. The topological polar surface area (TPSA) is 53.1 Å². The number of benzene rings is 1. The second-order valence-corrected chi connectivity index (χ2v) is 4.88. The maximum Gasteiger partial charge on any atom is 0.135 e. The van der Waals surface area contributed by atoms with Crippen LogP contribution in [0.5, 0.6) is 5.75 Å². The zero-order valence-corrected chi connectivity index (χ0v) is 12.0. The summed E-state index contributed by atoms with van der Waals surface area (Å²) in [4.78, 5) is 4.18. The number of imidazole rings is 1. The fourth-order valence-corrected chi connectivity index (χ4v) is 2.21. The number of ether oxygens (including phenoxy) is 1. The highest BCUT2D eigenvalue weighted by Gasteiger charge is 2.12. The van der Waals surface area contributed by atoms with Crippen LogP contribution in [0.1, 0.15) is 25.1 Å². The van der Waals surface area contributed by atoms with Crippen LogP contribution >= 0.6 is 15.9 Å². The van der Waals surface area contributed by atoms with Gasteiger partial charge in [0.1, 0.15) is 5.75 Å². The molecule has 0 aliphatic heterocycles.